The van der Waals surface area contributed by atoms with E-state index in [0.29, 0.717) is 6.42 Å². The van der Waals surface area contributed by atoms with Crippen LogP contribution in [0.25, 0.3) is 0 Å². The molecule has 0 aliphatic heterocycles. The highest BCUT2D eigenvalue weighted by atomic mass is 31.1. The van der Waals surface area contributed by atoms with Crippen molar-refractivity contribution in [2.75, 3.05) is 0 Å². The number of carbonyl (C=O) groups is 1. The second-order valence-electron chi connectivity index (χ2n) is 2.92. The van der Waals surface area contributed by atoms with E-state index in [1.54, 1.807) is 0 Å². The Morgan fingerprint density at radius 1 is 1.42 bits per heavy atom. The Balaban J connectivity index is 4.11. The van der Waals surface area contributed by atoms with Gasteiger partial charge in [-0.05, 0) is 19.3 Å². The van der Waals surface area contributed by atoms with Gasteiger partial charge in [-0.25, -0.2) is 0 Å². The lowest BCUT2D eigenvalue weighted by atomic mass is 9.96. The van der Waals surface area contributed by atoms with Gasteiger partial charge in [-0.3, -0.25) is 9.36 Å². The van der Waals surface area contributed by atoms with Crippen LogP contribution in [0.1, 0.15) is 39.5 Å². The summed E-state index contributed by atoms with van der Waals surface area (Å²) in [4.78, 5) is 10.3. The molecule has 3 nitrogen and oxygen atoms in total. The Hall–Kier alpha value is -0.430. The number of aliphatic carboxylic acids is 1. The van der Waals surface area contributed by atoms with Crippen LogP contribution < -0.4 is 0 Å². The average Bonchev–Trinajstić information content (AvgIpc) is 2.08. The predicted molar refractivity (Wildman–Crippen MR) is 47.8 cm³/mol. The summed E-state index contributed by atoms with van der Waals surface area (Å²) in [7, 11) is 0.0757. The van der Waals surface area contributed by atoms with E-state index in [-0.39, 0.29) is 20.0 Å². The lowest BCUT2D eigenvalue weighted by Gasteiger charge is -2.22. The van der Waals surface area contributed by atoms with Gasteiger partial charge in [-0.15, -0.1) is 0 Å². The molecule has 0 saturated carbocycles. The molecule has 0 saturated heterocycles. The Bertz CT molecular complexity index is 164. The fourth-order valence-electron chi connectivity index (χ4n) is 1.12. The van der Waals surface area contributed by atoms with Crippen molar-refractivity contribution in [3.63, 3.8) is 0 Å². The fourth-order valence-corrected chi connectivity index (χ4v) is 1.58. The molecule has 0 aromatic rings. The fraction of sp³-hybridized carbons (Fsp3) is 0.875. The molecule has 0 atom stereocenters. The monoisotopic (exact) mass is 190 g/mol. The maximum Gasteiger partial charge on any atom is 0.303 e. The van der Waals surface area contributed by atoms with Gasteiger partial charge in [0.1, 0.15) is 0 Å². The summed E-state index contributed by atoms with van der Waals surface area (Å²) >= 11 is 0. The van der Waals surface area contributed by atoms with E-state index in [4.69, 9.17) is 5.11 Å². The zero-order valence-electron chi connectivity index (χ0n) is 7.54. The molecule has 0 amide bonds. The molecule has 0 radical (unpaired) electrons. The van der Waals surface area contributed by atoms with Crippen molar-refractivity contribution in [2.24, 2.45) is 0 Å². The molecular formula is C8H15O3P. The molecule has 0 spiro atoms. The normalized spacial score (nSPS) is 11.8. The molecule has 4 heteroatoms. The smallest absolute Gasteiger partial charge is 0.303 e. The first-order chi connectivity index (χ1) is 5.60. The number of hydrogen-bond donors (Lipinski definition) is 1. The molecule has 0 rings (SSSR count). The van der Waals surface area contributed by atoms with Crippen LogP contribution >= 0.6 is 8.46 Å². The van der Waals surface area contributed by atoms with Crippen LogP contribution in [0.5, 0.6) is 0 Å². The van der Waals surface area contributed by atoms with Crippen LogP contribution in [0.3, 0.4) is 0 Å². The van der Waals surface area contributed by atoms with Crippen LogP contribution in [0.15, 0.2) is 0 Å². The summed E-state index contributed by atoms with van der Waals surface area (Å²) in [6, 6.07) is 0. The third-order valence-corrected chi connectivity index (χ3v) is 3.56. The average molecular weight is 190 g/mol. The zero-order valence-corrected chi connectivity index (χ0v) is 8.43. The van der Waals surface area contributed by atoms with Gasteiger partial charge in [-0.2, -0.15) is 0 Å². The van der Waals surface area contributed by atoms with Gasteiger partial charge in [0.2, 0.25) is 0 Å². The van der Waals surface area contributed by atoms with Gasteiger partial charge >= 0.3 is 5.97 Å². The maximum absolute atomic E-state index is 10.8. The first-order valence-electron chi connectivity index (χ1n) is 4.16. The van der Waals surface area contributed by atoms with E-state index in [0.717, 1.165) is 12.8 Å². The van der Waals surface area contributed by atoms with Gasteiger partial charge in [0.05, 0.1) is 5.16 Å². The molecule has 12 heavy (non-hydrogen) atoms. The van der Waals surface area contributed by atoms with Gasteiger partial charge in [0.25, 0.3) is 0 Å². The zero-order chi connectivity index (χ0) is 9.61. The standard InChI is InChI=1S/C8H15O3P/c1-3-8(4-2,12-11)6-5-7(9)10/h3-6H2,1-2H3,(H,9,10). The minimum absolute atomic E-state index is 0.0757. The first kappa shape index (κ1) is 11.6. The molecule has 0 aliphatic carbocycles. The van der Waals surface area contributed by atoms with Crippen molar-refractivity contribution in [1.82, 2.24) is 0 Å². The molecule has 0 aliphatic rings. The van der Waals surface area contributed by atoms with Crippen LogP contribution in [-0.2, 0) is 9.36 Å². The second kappa shape index (κ2) is 5.26. The summed E-state index contributed by atoms with van der Waals surface area (Å²) in [6.45, 7) is 3.88. The van der Waals surface area contributed by atoms with Crippen molar-refractivity contribution in [3.05, 3.63) is 0 Å². The van der Waals surface area contributed by atoms with Crippen molar-refractivity contribution in [1.29, 1.82) is 0 Å². The lowest BCUT2D eigenvalue weighted by Crippen LogP contribution is -2.20. The summed E-state index contributed by atoms with van der Waals surface area (Å²) < 4.78 is 10.8. The topological polar surface area (TPSA) is 54.4 Å². The Labute approximate surface area is 74.4 Å². The van der Waals surface area contributed by atoms with Gasteiger partial charge in [0, 0.05) is 6.42 Å². The highest BCUT2D eigenvalue weighted by Gasteiger charge is 2.27. The summed E-state index contributed by atoms with van der Waals surface area (Å²) in [5, 5.41) is 8.15. The van der Waals surface area contributed by atoms with Crippen molar-refractivity contribution in [3.8, 4) is 0 Å². The van der Waals surface area contributed by atoms with Crippen molar-refractivity contribution in [2.45, 2.75) is 44.7 Å². The molecule has 0 unspecified atom stereocenters. The van der Waals surface area contributed by atoms with E-state index in [1.165, 1.54) is 0 Å². The Kier molecular flexibility index (Phi) is 5.07. The van der Waals surface area contributed by atoms with Gasteiger partial charge in [-0.1, -0.05) is 13.8 Å². The van der Waals surface area contributed by atoms with E-state index in [2.05, 4.69) is 0 Å². The predicted octanol–water partition coefficient (Wildman–Crippen LogP) is 2.70. The Morgan fingerprint density at radius 3 is 2.17 bits per heavy atom. The molecule has 0 aromatic heterocycles. The molecule has 0 heterocycles. The number of rotatable bonds is 6. The van der Waals surface area contributed by atoms with Gasteiger partial charge in [0.15, 0.2) is 8.46 Å². The molecule has 0 fully saturated rings. The van der Waals surface area contributed by atoms with Crippen molar-refractivity contribution < 1.29 is 14.5 Å². The Morgan fingerprint density at radius 2 is 1.92 bits per heavy atom. The highest BCUT2D eigenvalue weighted by molar-refractivity contribution is 7.26. The van der Waals surface area contributed by atoms with E-state index in [1.807, 2.05) is 13.8 Å². The third kappa shape index (κ3) is 3.31. The molecule has 1 N–H and O–H groups in total. The summed E-state index contributed by atoms with van der Waals surface area (Å²) in [5.41, 5.74) is 0. The third-order valence-electron chi connectivity index (χ3n) is 2.31. The highest BCUT2D eigenvalue weighted by Crippen LogP contribution is 2.35. The molecule has 70 valence electrons. The van der Waals surface area contributed by atoms with Crippen LogP contribution in [0.4, 0.5) is 0 Å². The number of carboxylic acids is 1. The minimum atomic E-state index is -0.815. The van der Waals surface area contributed by atoms with Crippen LogP contribution in [0, 0.1) is 0 Å². The summed E-state index contributed by atoms with van der Waals surface area (Å²) in [6.07, 6.45) is 2.14. The maximum atomic E-state index is 10.8. The van der Waals surface area contributed by atoms with E-state index >= 15 is 0 Å². The van der Waals surface area contributed by atoms with Crippen LogP contribution in [-0.4, -0.2) is 16.2 Å². The largest absolute Gasteiger partial charge is 0.481 e. The summed E-state index contributed by atoms with van der Waals surface area (Å²) in [5.74, 6) is -0.815. The van der Waals surface area contributed by atoms with Crippen molar-refractivity contribution >= 4 is 14.4 Å². The van der Waals surface area contributed by atoms with E-state index < -0.39 is 5.97 Å². The lowest BCUT2D eigenvalue weighted by molar-refractivity contribution is -0.137. The molecule has 0 aromatic carbocycles. The SMILES string of the molecule is CCC(CC)(CCC(=O)O)P=O. The number of hydrogen-bond acceptors (Lipinski definition) is 2. The first-order valence-corrected chi connectivity index (χ1v) is 4.97. The van der Waals surface area contributed by atoms with Crippen LogP contribution in [0.2, 0.25) is 0 Å². The van der Waals surface area contributed by atoms with Gasteiger partial charge < -0.3 is 5.11 Å². The van der Waals surface area contributed by atoms with E-state index in [9.17, 15) is 9.36 Å². The molecule has 0 bridgehead atoms. The quantitative estimate of drug-likeness (QED) is 0.655. The minimum Gasteiger partial charge on any atom is -0.481 e. The number of carboxylic acid groups (broad SMARTS) is 1. The molecular weight excluding hydrogens is 175 g/mol. The second-order valence-corrected chi connectivity index (χ2v) is 4.05.